The summed E-state index contributed by atoms with van der Waals surface area (Å²) in [4.78, 5) is 7.62. The van der Waals surface area contributed by atoms with Gasteiger partial charge in [-0.3, -0.25) is 0 Å². The van der Waals surface area contributed by atoms with Crippen LogP contribution in [0.15, 0.2) is 91.0 Å². The summed E-state index contributed by atoms with van der Waals surface area (Å²) in [6, 6.07) is 32.4. The van der Waals surface area contributed by atoms with Crippen LogP contribution in [0.1, 0.15) is 24.0 Å². The fraction of sp³-hybridized carbons (Fsp3) is 0.276. The number of nitrogens with zero attached hydrogens (tertiary/aromatic N) is 2. The topological polar surface area (TPSA) is 16.1 Å². The van der Waals surface area contributed by atoms with Crippen LogP contribution in [0, 0.1) is 5.92 Å². The van der Waals surface area contributed by atoms with E-state index in [1.54, 1.807) is 0 Å². The quantitative estimate of drug-likeness (QED) is 0.368. The van der Waals surface area contributed by atoms with Crippen LogP contribution in [-0.2, 0) is 12.8 Å². The van der Waals surface area contributed by atoms with Crippen molar-refractivity contribution in [2.75, 3.05) is 19.6 Å². The van der Waals surface area contributed by atoms with Crippen LogP contribution in [0.5, 0.6) is 0 Å². The molecular weight excluding hydrogens is 376 g/mol. The molecule has 1 aliphatic heterocycles. The van der Waals surface area contributed by atoms with Gasteiger partial charge in [0.25, 0.3) is 0 Å². The van der Waals surface area contributed by atoms with Crippen LogP contribution in [-0.4, -0.2) is 29.5 Å². The molecule has 3 aromatic carbocycles. The summed E-state index contributed by atoms with van der Waals surface area (Å²) in [6.45, 7) is 3.55. The molecule has 0 aliphatic carbocycles. The molecule has 1 aliphatic rings. The van der Waals surface area contributed by atoms with E-state index < -0.39 is 0 Å². The Kier molecular flexibility index (Phi) is 6.08. The Morgan fingerprint density at radius 2 is 1.58 bits per heavy atom. The lowest BCUT2D eigenvalue weighted by Crippen LogP contribution is -2.37. The van der Waals surface area contributed by atoms with Gasteiger partial charge in [0.1, 0.15) is 0 Å². The van der Waals surface area contributed by atoms with Crippen LogP contribution in [0.3, 0.4) is 0 Å². The molecule has 0 amide bonds. The van der Waals surface area contributed by atoms with E-state index in [1.807, 2.05) is 0 Å². The number of likely N-dealkylation sites (tertiary alicyclic amines) is 1. The molecule has 1 fully saturated rings. The van der Waals surface area contributed by atoms with Gasteiger partial charge < -0.3 is 4.90 Å². The van der Waals surface area contributed by atoms with Gasteiger partial charge in [-0.2, -0.15) is 0 Å². The first-order valence-electron chi connectivity index (χ1n) is 11.6. The third-order valence-electron chi connectivity index (χ3n) is 6.54. The van der Waals surface area contributed by atoms with Crippen molar-refractivity contribution >= 4 is 10.9 Å². The molecule has 1 atom stereocenters. The summed E-state index contributed by atoms with van der Waals surface area (Å²) in [6.07, 6.45) is 4.93. The van der Waals surface area contributed by atoms with Gasteiger partial charge in [0.2, 0.25) is 0 Å². The summed E-state index contributed by atoms with van der Waals surface area (Å²) < 4.78 is 0. The van der Waals surface area contributed by atoms with Crippen LogP contribution >= 0.6 is 0 Å². The zero-order valence-corrected chi connectivity index (χ0v) is 18.1. The maximum absolute atomic E-state index is 4.95. The second kappa shape index (κ2) is 9.45. The van der Waals surface area contributed by atoms with Gasteiger partial charge in [-0.1, -0.05) is 78.9 Å². The van der Waals surface area contributed by atoms with E-state index in [2.05, 4.69) is 95.9 Å². The lowest BCUT2D eigenvalue weighted by atomic mass is 9.91. The van der Waals surface area contributed by atoms with E-state index in [9.17, 15) is 0 Å². The van der Waals surface area contributed by atoms with Crippen LogP contribution in [0.4, 0.5) is 0 Å². The Morgan fingerprint density at radius 1 is 0.839 bits per heavy atom. The van der Waals surface area contributed by atoms with Crippen molar-refractivity contribution in [1.29, 1.82) is 0 Å². The average Bonchev–Trinajstić information content (AvgIpc) is 2.84. The molecule has 1 aromatic heterocycles. The maximum Gasteiger partial charge on any atom is 0.0712 e. The minimum Gasteiger partial charge on any atom is -0.303 e. The van der Waals surface area contributed by atoms with Crippen molar-refractivity contribution < 1.29 is 0 Å². The molecule has 4 aromatic rings. The molecule has 0 radical (unpaired) electrons. The lowest BCUT2D eigenvalue weighted by Gasteiger charge is -2.33. The van der Waals surface area contributed by atoms with Gasteiger partial charge in [0.05, 0.1) is 11.2 Å². The summed E-state index contributed by atoms with van der Waals surface area (Å²) in [7, 11) is 0. The Balaban J connectivity index is 1.32. The number of fused-ring (bicyclic) bond motifs is 1. The zero-order valence-electron chi connectivity index (χ0n) is 18.1. The molecule has 0 N–H and O–H groups in total. The summed E-state index contributed by atoms with van der Waals surface area (Å²) in [5, 5.41) is 1.29. The first kappa shape index (κ1) is 20.0. The van der Waals surface area contributed by atoms with Crippen molar-refractivity contribution in [1.82, 2.24) is 9.88 Å². The molecule has 1 unspecified atom stereocenters. The molecule has 2 nitrogen and oxygen atoms in total. The predicted octanol–water partition coefficient (Wildman–Crippen LogP) is 6.40. The van der Waals surface area contributed by atoms with Crippen molar-refractivity contribution in [2.24, 2.45) is 5.92 Å². The van der Waals surface area contributed by atoms with Crippen molar-refractivity contribution in [3.63, 3.8) is 0 Å². The normalized spacial score (nSPS) is 17.1. The van der Waals surface area contributed by atoms with E-state index >= 15 is 0 Å². The largest absolute Gasteiger partial charge is 0.303 e. The highest BCUT2D eigenvalue weighted by atomic mass is 15.1. The maximum atomic E-state index is 4.95. The summed E-state index contributed by atoms with van der Waals surface area (Å²) in [5.74, 6) is 0.769. The Hall–Kier alpha value is -2.97. The van der Waals surface area contributed by atoms with Gasteiger partial charge >= 0.3 is 0 Å². The van der Waals surface area contributed by atoms with Crippen molar-refractivity contribution in [2.45, 2.75) is 25.7 Å². The van der Waals surface area contributed by atoms with Crippen LogP contribution < -0.4 is 0 Å². The SMILES string of the molecule is c1ccc(CC2CCCN(CCc3cc(-c4ccccc4)nc4ccccc34)C2)cc1. The minimum absolute atomic E-state index is 0.769. The number of rotatable bonds is 6. The molecule has 2 heteroatoms. The summed E-state index contributed by atoms with van der Waals surface area (Å²) >= 11 is 0. The van der Waals surface area contributed by atoms with Gasteiger partial charge in [-0.15, -0.1) is 0 Å². The van der Waals surface area contributed by atoms with Gasteiger partial charge in [-0.25, -0.2) is 4.98 Å². The van der Waals surface area contributed by atoms with Gasteiger partial charge in [0.15, 0.2) is 0 Å². The van der Waals surface area contributed by atoms with Crippen molar-refractivity contribution in [3.05, 3.63) is 102 Å². The number of hydrogen-bond donors (Lipinski definition) is 0. The molecular formula is C29H30N2. The van der Waals surface area contributed by atoms with E-state index in [0.29, 0.717) is 0 Å². The highest BCUT2D eigenvalue weighted by Crippen LogP contribution is 2.26. The molecule has 31 heavy (non-hydrogen) atoms. The molecule has 1 saturated heterocycles. The Bertz CT molecular complexity index is 1120. The third kappa shape index (κ3) is 4.86. The van der Waals surface area contributed by atoms with Crippen molar-refractivity contribution in [3.8, 4) is 11.3 Å². The number of piperidine rings is 1. The van der Waals surface area contributed by atoms with Gasteiger partial charge in [0, 0.05) is 24.0 Å². The fourth-order valence-corrected chi connectivity index (χ4v) is 4.96. The second-order valence-corrected chi connectivity index (χ2v) is 8.80. The standard InChI is InChI=1S/C29H30N2/c1-3-10-23(11-4-1)20-24-12-9-18-31(22-24)19-17-26-21-29(25-13-5-2-6-14-25)30-28-16-8-7-15-27(26)28/h1-8,10-11,13-16,21,24H,9,12,17-20,22H2. The Morgan fingerprint density at radius 3 is 2.42 bits per heavy atom. The summed E-state index contributed by atoms with van der Waals surface area (Å²) in [5.41, 5.74) is 6.25. The van der Waals surface area contributed by atoms with E-state index in [1.165, 1.54) is 54.4 Å². The predicted molar refractivity (Wildman–Crippen MR) is 130 cm³/mol. The average molecular weight is 407 g/mol. The van der Waals surface area contributed by atoms with Crippen LogP contribution in [0.25, 0.3) is 22.2 Å². The molecule has 0 spiro atoms. The number of hydrogen-bond acceptors (Lipinski definition) is 2. The first-order chi connectivity index (χ1) is 15.3. The zero-order chi connectivity index (χ0) is 20.9. The third-order valence-corrected chi connectivity index (χ3v) is 6.54. The number of pyridine rings is 1. The highest BCUT2D eigenvalue weighted by molar-refractivity contribution is 5.85. The van der Waals surface area contributed by atoms with Crippen LogP contribution in [0.2, 0.25) is 0 Å². The first-order valence-corrected chi connectivity index (χ1v) is 11.6. The number of benzene rings is 3. The molecule has 0 bridgehead atoms. The molecule has 2 heterocycles. The number of para-hydroxylation sites is 1. The van der Waals surface area contributed by atoms with E-state index in [-0.39, 0.29) is 0 Å². The monoisotopic (exact) mass is 406 g/mol. The van der Waals surface area contributed by atoms with E-state index in [4.69, 9.17) is 4.98 Å². The minimum atomic E-state index is 0.769. The van der Waals surface area contributed by atoms with E-state index in [0.717, 1.165) is 30.1 Å². The highest BCUT2D eigenvalue weighted by Gasteiger charge is 2.20. The second-order valence-electron chi connectivity index (χ2n) is 8.80. The molecule has 156 valence electrons. The lowest BCUT2D eigenvalue weighted by molar-refractivity contribution is 0.176. The number of aromatic nitrogens is 1. The smallest absolute Gasteiger partial charge is 0.0712 e. The molecule has 0 saturated carbocycles. The molecule has 5 rings (SSSR count). The fourth-order valence-electron chi connectivity index (χ4n) is 4.96. The van der Waals surface area contributed by atoms with Gasteiger partial charge in [-0.05, 0) is 61.4 Å². The Labute approximate surface area is 185 Å².